The molecule has 4 aromatic rings. The van der Waals surface area contributed by atoms with Crippen LogP contribution in [0.5, 0.6) is 5.75 Å². The quantitative estimate of drug-likeness (QED) is 0.491. The third-order valence-electron chi connectivity index (χ3n) is 4.78. The second-order valence-corrected chi connectivity index (χ2v) is 6.67. The molecular weight excluding hydrogens is 370 g/mol. The normalized spacial score (nSPS) is 11.0. The van der Waals surface area contributed by atoms with E-state index >= 15 is 0 Å². The number of aryl methyl sites for hydroxylation is 1. The minimum absolute atomic E-state index is 0.0501. The summed E-state index contributed by atoms with van der Waals surface area (Å²) in [5.41, 5.74) is 15.5. The summed E-state index contributed by atoms with van der Waals surface area (Å²) >= 11 is 0. The van der Waals surface area contributed by atoms with Gasteiger partial charge in [0.15, 0.2) is 5.76 Å². The molecule has 0 aliphatic heterocycles. The Morgan fingerprint density at radius 3 is 2.69 bits per heavy atom. The highest BCUT2D eigenvalue weighted by Gasteiger charge is 2.26. The standard InChI is InChI=1S/C21H19N5O3/c1-11-6-7-15(27)12(2)19(11)26-20(22)17(21(23)28)18(25-26)16-9-13(10-29-16)14-5-3-4-8-24-14/h3-10,27H,22H2,1-2H3,(H2,23,28). The molecule has 1 amide bonds. The Balaban J connectivity index is 1.91. The fourth-order valence-corrected chi connectivity index (χ4v) is 3.30. The summed E-state index contributed by atoms with van der Waals surface area (Å²) in [6, 6.07) is 10.6. The molecule has 0 radical (unpaired) electrons. The van der Waals surface area contributed by atoms with Crippen LogP contribution in [0.3, 0.4) is 0 Å². The largest absolute Gasteiger partial charge is 0.508 e. The van der Waals surface area contributed by atoms with Gasteiger partial charge in [0, 0.05) is 17.3 Å². The van der Waals surface area contributed by atoms with E-state index in [2.05, 4.69) is 10.1 Å². The number of hydrogen-bond donors (Lipinski definition) is 3. The zero-order chi connectivity index (χ0) is 20.7. The number of aromatic hydroxyl groups is 1. The van der Waals surface area contributed by atoms with Gasteiger partial charge in [-0.15, -0.1) is 0 Å². The summed E-state index contributed by atoms with van der Waals surface area (Å²) in [7, 11) is 0. The number of furan rings is 1. The number of nitrogen functional groups attached to an aromatic ring is 1. The fraction of sp³-hybridized carbons (Fsp3) is 0.0952. The number of pyridine rings is 1. The number of aromatic nitrogens is 3. The molecule has 5 N–H and O–H groups in total. The molecule has 0 bridgehead atoms. The Morgan fingerprint density at radius 2 is 2.00 bits per heavy atom. The highest BCUT2D eigenvalue weighted by Crippen LogP contribution is 2.35. The van der Waals surface area contributed by atoms with Crippen LogP contribution in [0.1, 0.15) is 21.5 Å². The lowest BCUT2D eigenvalue weighted by molar-refractivity contribution is 0.100. The molecule has 8 nitrogen and oxygen atoms in total. The van der Waals surface area contributed by atoms with Gasteiger partial charge in [-0.05, 0) is 43.7 Å². The molecule has 0 unspecified atom stereocenters. The number of amides is 1. The van der Waals surface area contributed by atoms with Gasteiger partial charge in [-0.1, -0.05) is 12.1 Å². The van der Waals surface area contributed by atoms with E-state index in [9.17, 15) is 9.90 Å². The van der Waals surface area contributed by atoms with Crippen molar-refractivity contribution in [3.63, 3.8) is 0 Å². The number of nitrogens with zero attached hydrogens (tertiary/aromatic N) is 3. The van der Waals surface area contributed by atoms with E-state index in [0.717, 1.165) is 16.8 Å². The van der Waals surface area contributed by atoms with Crippen LogP contribution in [0.2, 0.25) is 0 Å². The smallest absolute Gasteiger partial charge is 0.254 e. The van der Waals surface area contributed by atoms with Gasteiger partial charge in [0.2, 0.25) is 0 Å². The number of anilines is 1. The second-order valence-electron chi connectivity index (χ2n) is 6.67. The molecule has 0 aliphatic carbocycles. The molecule has 0 saturated carbocycles. The summed E-state index contributed by atoms with van der Waals surface area (Å²) < 4.78 is 7.06. The lowest BCUT2D eigenvalue weighted by Crippen LogP contribution is -2.14. The predicted molar refractivity (Wildman–Crippen MR) is 109 cm³/mol. The Kier molecular flexibility index (Phi) is 4.31. The van der Waals surface area contributed by atoms with Gasteiger partial charge in [-0.2, -0.15) is 5.10 Å². The minimum Gasteiger partial charge on any atom is -0.508 e. The number of hydrogen-bond acceptors (Lipinski definition) is 6. The first-order chi connectivity index (χ1) is 13.9. The number of rotatable bonds is 4. The summed E-state index contributed by atoms with van der Waals surface area (Å²) in [4.78, 5) is 16.4. The first kappa shape index (κ1) is 18.3. The van der Waals surface area contributed by atoms with Crippen molar-refractivity contribution < 1.29 is 14.3 Å². The molecule has 0 spiro atoms. The third kappa shape index (κ3) is 3.00. The number of phenols is 1. The molecule has 0 aliphatic rings. The monoisotopic (exact) mass is 389 g/mol. The summed E-state index contributed by atoms with van der Waals surface area (Å²) in [6.45, 7) is 3.60. The highest BCUT2D eigenvalue weighted by atomic mass is 16.3. The van der Waals surface area contributed by atoms with Crippen molar-refractivity contribution in [2.45, 2.75) is 13.8 Å². The van der Waals surface area contributed by atoms with Gasteiger partial charge >= 0.3 is 0 Å². The third-order valence-corrected chi connectivity index (χ3v) is 4.78. The lowest BCUT2D eigenvalue weighted by Gasteiger charge is -2.12. The molecule has 29 heavy (non-hydrogen) atoms. The van der Waals surface area contributed by atoms with Crippen LogP contribution < -0.4 is 11.5 Å². The molecule has 8 heteroatoms. The number of phenolic OH excluding ortho intramolecular Hbond substituents is 1. The average molecular weight is 389 g/mol. The fourth-order valence-electron chi connectivity index (χ4n) is 3.30. The van der Waals surface area contributed by atoms with Crippen LogP contribution in [0, 0.1) is 13.8 Å². The average Bonchev–Trinajstić information content (AvgIpc) is 3.31. The maximum atomic E-state index is 12.2. The van der Waals surface area contributed by atoms with E-state index in [4.69, 9.17) is 15.9 Å². The van der Waals surface area contributed by atoms with E-state index < -0.39 is 5.91 Å². The number of primary amides is 1. The van der Waals surface area contributed by atoms with Crippen LogP contribution in [0.15, 0.2) is 53.3 Å². The van der Waals surface area contributed by atoms with Crippen molar-refractivity contribution in [1.29, 1.82) is 0 Å². The molecule has 146 valence electrons. The van der Waals surface area contributed by atoms with Crippen molar-refractivity contribution in [2.24, 2.45) is 5.73 Å². The van der Waals surface area contributed by atoms with Crippen LogP contribution in [-0.4, -0.2) is 25.8 Å². The van der Waals surface area contributed by atoms with Crippen molar-refractivity contribution in [3.05, 3.63) is 65.5 Å². The van der Waals surface area contributed by atoms with E-state index in [1.54, 1.807) is 31.3 Å². The van der Waals surface area contributed by atoms with Gasteiger partial charge in [0.25, 0.3) is 5.91 Å². The summed E-state index contributed by atoms with van der Waals surface area (Å²) in [5.74, 6) is -0.228. The molecule has 1 aromatic carbocycles. The summed E-state index contributed by atoms with van der Waals surface area (Å²) in [5, 5.41) is 14.6. The molecule has 3 aromatic heterocycles. The number of benzene rings is 1. The lowest BCUT2D eigenvalue weighted by atomic mass is 10.1. The molecule has 0 atom stereocenters. The minimum atomic E-state index is -0.727. The van der Waals surface area contributed by atoms with Gasteiger partial charge in [-0.25, -0.2) is 4.68 Å². The van der Waals surface area contributed by atoms with Crippen LogP contribution in [-0.2, 0) is 0 Å². The maximum absolute atomic E-state index is 12.2. The molecular formula is C21H19N5O3. The van der Waals surface area contributed by atoms with Crippen molar-refractivity contribution in [1.82, 2.24) is 14.8 Å². The van der Waals surface area contributed by atoms with Crippen molar-refractivity contribution in [3.8, 4) is 34.1 Å². The van der Waals surface area contributed by atoms with Crippen molar-refractivity contribution in [2.75, 3.05) is 5.73 Å². The van der Waals surface area contributed by atoms with Gasteiger partial charge < -0.3 is 21.0 Å². The zero-order valence-electron chi connectivity index (χ0n) is 15.9. The van der Waals surface area contributed by atoms with Crippen LogP contribution in [0.25, 0.3) is 28.4 Å². The molecule has 0 saturated heterocycles. The first-order valence-electron chi connectivity index (χ1n) is 8.86. The molecule has 3 heterocycles. The van der Waals surface area contributed by atoms with Crippen LogP contribution >= 0.6 is 0 Å². The van der Waals surface area contributed by atoms with Gasteiger partial charge in [0.1, 0.15) is 29.1 Å². The van der Waals surface area contributed by atoms with E-state index in [1.165, 1.54) is 10.9 Å². The number of nitrogens with two attached hydrogens (primary N) is 2. The van der Waals surface area contributed by atoms with Gasteiger partial charge in [0.05, 0.1) is 11.4 Å². The SMILES string of the molecule is Cc1ccc(O)c(C)c1-n1nc(-c2cc(-c3ccccn3)co2)c(C(N)=O)c1N. The Labute approximate surface area is 166 Å². The highest BCUT2D eigenvalue weighted by molar-refractivity contribution is 6.03. The van der Waals surface area contributed by atoms with Gasteiger partial charge in [-0.3, -0.25) is 9.78 Å². The topological polar surface area (TPSA) is 133 Å². The molecule has 0 fully saturated rings. The zero-order valence-corrected chi connectivity index (χ0v) is 15.9. The van der Waals surface area contributed by atoms with Crippen LogP contribution in [0.4, 0.5) is 5.82 Å². The Bertz CT molecular complexity index is 1220. The molecule has 4 rings (SSSR count). The Hall–Kier alpha value is -4.07. The van der Waals surface area contributed by atoms with Crippen molar-refractivity contribution >= 4 is 11.7 Å². The second kappa shape index (κ2) is 6.83. The Morgan fingerprint density at radius 1 is 1.21 bits per heavy atom. The summed E-state index contributed by atoms with van der Waals surface area (Å²) in [6.07, 6.45) is 3.21. The van der Waals surface area contributed by atoms with E-state index in [1.807, 2.05) is 25.1 Å². The van der Waals surface area contributed by atoms with E-state index in [0.29, 0.717) is 17.0 Å². The number of carbonyl (C=O) groups is 1. The first-order valence-corrected chi connectivity index (χ1v) is 8.86. The predicted octanol–water partition coefficient (Wildman–Crippen LogP) is 3.20. The maximum Gasteiger partial charge on any atom is 0.254 e. The van der Waals surface area contributed by atoms with E-state index in [-0.39, 0.29) is 22.8 Å². The number of carbonyl (C=O) groups excluding carboxylic acids is 1.